The van der Waals surface area contributed by atoms with E-state index >= 15 is 0 Å². The Balaban J connectivity index is 2.61. The highest BCUT2D eigenvalue weighted by Gasteiger charge is 2.09. The van der Waals surface area contributed by atoms with Crippen LogP contribution in [-0.2, 0) is 11.2 Å². The van der Waals surface area contributed by atoms with Crippen LogP contribution in [0, 0.1) is 0 Å². The third kappa shape index (κ3) is 1.67. The van der Waals surface area contributed by atoms with Gasteiger partial charge in [0.25, 0.3) is 0 Å². The topological polar surface area (TPSA) is 37.3 Å². The predicted molar refractivity (Wildman–Crippen MR) is 60.9 cm³/mol. The fraction of sp³-hybridized carbons (Fsp3) is 0.100. The molecule has 0 fully saturated rings. The third-order valence-corrected chi connectivity index (χ3v) is 3.62. The molecule has 0 radical (unpaired) electrons. The van der Waals surface area contributed by atoms with Gasteiger partial charge in [0.15, 0.2) is 0 Å². The van der Waals surface area contributed by atoms with Crippen LogP contribution in [0.25, 0.3) is 10.1 Å². The van der Waals surface area contributed by atoms with E-state index in [9.17, 15) is 4.79 Å². The number of thiophene rings is 1. The Hall–Kier alpha value is -0.870. The zero-order chi connectivity index (χ0) is 10.1. The van der Waals surface area contributed by atoms with E-state index in [0.29, 0.717) is 0 Å². The van der Waals surface area contributed by atoms with Crippen LogP contribution in [0.4, 0.5) is 0 Å². The van der Waals surface area contributed by atoms with Gasteiger partial charge >= 0.3 is 5.97 Å². The van der Waals surface area contributed by atoms with Crippen molar-refractivity contribution in [1.82, 2.24) is 0 Å². The van der Waals surface area contributed by atoms with Gasteiger partial charge in [0.1, 0.15) is 0 Å². The average Bonchev–Trinajstić information content (AvgIpc) is 2.49. The van der Waals surface area contributed by atoms with Crippen LogP contribution in [0.2, 0.25) is 0 Å². The molecule has 0 aliphatic heterocycles. The standard InChI is InChI=1S/C10H7BrO2S/c11-7-2-1-3-8-10(7)6(5-14-8)4-9(12)13/h1-3,5H,4H2,(H,12,13). The molecule has 1 aromatic heterocycles. The van der Waals surface area contributed by atoms with Gasteiger partial charge in [-0.15, -0.1) is 11.3 Å². The summed E-state index contributed by atoms with van der Waals surface area (Å²) in [6.07, 6.45) is 0.0859. The van der Waals surface area contributed by atoms with E-state index in [0.717, 1.165) is 20.1 Å². The van der Waals surface area contributed by atoms with Gasteiger partial charge in [-0.2, -0.15) is 0 Å². The maximum Gasteiger partial charge on any atom is 0.307 e. The van der Waals surface area contributed by atoms with E-state index in [1.165, 1.54) is 0 Å². The molecule has 0 amide bonds. The molecule has 72 valence electrons. The Morgan fingerprint density at radius 3 is 3.00 bits per heavy atom. The van der Waals surface area contributed by atoms with Gasteiger partial charge in [-0.3, -0.25) is 4.79 Å². The quantitative estimate of drug-likeness (QED) is 0.910. The van der Waals surface area contributed by atoms with Crippen LogP contribution in [0.3, 0.4) is 0 Å². The Kier molecular flexibility index (Phi) is 2.56. The van der Waals surface area contributed by atoms with Crippen molar-refractivity contribution in [2.45, 2.75) is 6.42 Å². The van der Waals surface area contributed by atoms with Gasteiger partial charge in [0, 0.05) is 14.6 Å². The van der Waals surface area contributed by atoms with Crippen LogP contribution >= 0.6 is 27.3 Å². The Morgan fingerprint density at radius 2 is 2.29 bits per heavy atom. The van der Waals surface area contributed by atoms with Crippen molar-refractivity contribution in [3.63, 3.8) is 0 Å². The Morgan fingerprint density at radius 1 is 1.50 bits per heavy atom. The van der Waals surface area contributed by atoms with Gasteiger partial charge in [-0.05, 0) is 23.1 Å². The second kappa shape index (κ2) is 3.71. The highest BCUT2D eigenvalue weighted by molar-refractivity contribution is 9.10. The summed E-state index contributed by atoms with van der Waals surface area (Å²) >= 11 is 5.01. The summed E-state index contributed by atoms with van der Waals surface area (Å²) in [5.41, 5.74) is 0.880. The first-order valence-corrected chi connectivity index (χ1v) is 5.72. The first kappa shape index (κ1) is 9.68. The maximum atomic E-state index is 10.6. The molecule has 14 heavy (non-hydrogen) atoms. The van der Waals surface area contributed by atoms with E-state index in [2.05, 4.69) is 15.9 Å². The minimum atomic E-state index is -0.791. The number of carboxylic acids is 1. The smallest absolute Gasteiger partial charge is 0.307 e. The fourth-order valence-electron chi connectivity index (χ4n) is 1.40. The van der Waals surface area contributed by atoms with E-state index < -0.39 is 5.97 Å². The Bertz CT molecular complexity index is 490. The number of carbonyl (C=O) groups is 1. The molecular weight excluding hydrogens is 264 g/mol. The van der Waals surface area contributed by atoms with Gasteiger partial charge < -0.3 is 5.11 Å². The van der Waals surface area contributed by atoms with Crippen LogP contribution < -0.4 is 0 Å². The lowest BCUT2D eigenvalue weighted by Crippen LogP contribution is -1.98. The van der Waals surface area contributed by atoms with Crippen LogP contribution in [0.15, 0.2) is 28.1 Å². The van der Waals surface area contributed by atoms with Gasteiger partial charge in [0.2, 0.25) is 0 Å². The number of hydrogen-bond donors (Lipinski definition) is 1. The number of rotatable bonds is 2. The molecule has 0 saturated heterocycles. The van der Waals surface area contributed by atoms with Crippen LogP contribution in [-0.4, -0.2) is 11.1 Å². The normalized spacial score (nSPS) is 10.6. The molecule has 0 aliphatic rings. The summed E-state index contributed by atoms with van der Waals surface area (Å²) in [5, 5.41) is 11.7. The lowest BCUT2D eigenvalue weighted by molar-refractivity contribution is -0.136. The number of carboxylic acid groups (broad SMARTS) is 1. The largest absolute Gasteiger partial charge is 0.481 e. The van der Waals surface area contributed by atoms with Crippen molar-refractivity contribution in [1.29, 1.82) is 0 Å². The highest BCUT2D eigenvalue weighted by atomic mass is 79.9. The molecule has 1 N–H and O–H groups in total. The summed E-state index contributed by atoms with van der Waals surface area (Å²) < 4.78 is 2.09. The first-order chi connectivity index (χ1) is 6.68. The third-order valence-electron chi connectivity index (χ3n) is 1.97. The maximum absolute atomic E-state index is 10.6. The molecule has 2 nitrogen and oxygen atoms in total. The lowest BCUT2D eigenvalue weighted by Gasteiger charge is -1.97. The molecular formula is C10H7BrO2S. The monoisotopic (exact) mass is 270 g/mol. The summed E-state index contributed by atoms with van der Waals surface area (Å²) in [5.74, 6) is -0.791. The van der Waals surface area contributed by atoms with Crippen molar-refractivity contribution in [3.05, 3.63) is 33.6 Å². The minimum Gasteiger partial charge on any atom is -0.481 e. The van der Waals surface area contributed by atoms with E-state index in [1.807, 2.05) is 23.6 Å². The van der Waals surface area contributed by atoms with Crippen LogP contribution in [0.5, 0.6) is 0 Å². The second-order valence-electron chi connectivity index (χ2n) is 2.94. The zero-order valence-electron chi connectivity index (χ0n) is 7.16. The van der Waals surface area contributed by atoms with Gasteiger partial charge in [-0.25, -0.2) is 0 Å². The lowest BCUT2D eigenvalue weighted by atomic mass is 10.1. The SMILES string of the molecule is O=C(O)Cc1csc2cccc(Br)c12. The summed E-state index contributed by atoms with van der Waals surface area (Å²) in [6, 6.07) is 5.88. The van der Waals surface area contributed by atoms with Crippen molar-refractivity contribution in [3.8, 4) is 0 Å². The van der Waals surface area contributed by atoms with E-state index in [-0.39, 0.29) is 6.42 Å². The number of benzene rings is 1. The fourth-order valence-corrected chi connectivity index (χ4v) is 3.14. The molecule has 0 aliphatic carbocycles. The summed E-state index contributed by atoms with van der Waals surface area (Å²) in [6.45, 7) is 0. The molecule has 1 aromatic carbocycles. The number of aliphatic carboxylic acids is 1. The van der Waals surface area contributed by atoms with E-state index in [1.54, 1.807) is 11.3 Å². The predicted octanol–water partition coefficient (Wildman–Crippen LogP) is 3.29. The number of fused-ring (bicyclic) bond motifs is 1. The summed E-state index contributed by atoms with van der Waals surface area (Å²) in [4.78, 5) is 10.6. The van der Waals surface area contributed by atoms with Gasteiger partial charge in [-0.1, -0.05) is 22.0 Å². The molecule has 4 heteroatoms. The van der Waals surface area contributed by atoms with Crippen molar-refractivity contribution >= 4 is 43.3 Å². The highest BCUT2D eigenvalue weighted by Crippen LogP contribution is 2.32. The second-order valence-corrected chi connectivity index (χ2v) is 4.71. The van der Waals surface area contributed by atoms with Gasteiger partial charge in [0.05, 0.1) is 6.42 Å². The molecule has 2 rings (SSSR count). The molecule has 0 spiro atoms. The summed E-state index contributed by atoms with van der Waals surface area (Å²) in [7, 11) is 0. The van der Waals surface area contributed by atoms with Crippen molar-refractivity contribution in [2.75, 3.05) is 0 Å². The van der Waals surface area contributed by atoms with E-state index in [4.69, 9.17) is 5.11 Å². The van der Waals surface area contributed by atoms with Crippen molar-refractivity contribution < 1.29 is 9.90 Å². The molecule has 2 aromatic rings. The molecule has 1 heterocycles. The Labute approximate surface area is 93.3 Å². The minimum absolute atomic E-state index is 0.0859. The first-order valence-electron chi connectivity index (χ1n) is 4.05. The molecule has 0 atom stereocenters. The molecule has 0 bridgehead atoms. The van der Waals surface area contributed by atoms with Crippen molar-refractivity contribution in [2.24, 2.45) is 0 Å². The zero-order valence-corrected chi connectivity index (χ0v) is 9.56. The number of halogens is 1. The van der Waals surface area contributed by atoms with Crippen LogP contribution in [0.1, 0.15) is 5.56 Å². The molecule has 0 saturated carbocycles. The number of hydrogen-bond acceptors (Lipinski definition) is 2. The molecule has 0 unspecified atom stereocenters. The average molecular weight is 271 g/mol.